The molecule has 1 amide bonds. The van der Waals surface area contributed by atoms with Crippen LogP contribution >= 0.6 is 15.9 Å². The molecule has 0 radical (unpaired) electrons. The lowest BCUT2D eigenvalue weighted by Gasteiger charge is -2.15. The van der Waals surface area contributed by atoms with E-state index in [2.05, 4.69) is 56.1 Å². The van der Waals surface area contributed by atoms with Crippen molar-refractivity contribution in [1.82, 2.24) is 14.5 Å². The zero-order chi connectivity index (χ0) is 29.5. The molecule has 0 unspecified atom stereocenters. The molecule has 10 heteroatoms. The zero-order valence-electron chi connectivity index (χ0n) is 23.0. The minimum absolute atomic E-state index is 0.0465. The van der Waals surface area contributed by atoms with Crippen molar-refractivity contribution in [1.29, 1.82) is 0 Å². The van der Waals surface area contributed by atoms with Crippen LogP contribution in [0.2, 0.25) is 0 Å². The second kappa shape index (κ2) is 13.2. The van der Waals surface area contributed by atoms with Crippen LogP contribution in [0.4, 0.5) is 0 Å². The Balaban J connectivity index is 1.28. The minimum atomic E-state index is -4.13. The first kappa shape index (κ1) is 29.3. The Kier molecular flexibility index (Phi) is 9.24. The molecular weight excluding hydrogens is 618 g/mol. The van der Waals surface area contributed by atoms with E-state index in [1.54, 1.807) is 12.3 Å². The summed E-state index contributed by atoms with van der Waals surface area (Å²) in [7, 11) is -2.75. The van der Waals surface area contributed by atoms with E-state index in [-0.39, 0.29) is 17.1 Å². The molecule has 216 valence electrons. The normalized spacial score (nSPS) is 11.4. The lowest BCUT2D eigenvalue weighted by molar-refractivity contribution is -0.119. The standard InChI is InChI=1S/C32H30BrN3O5S/c1-40-29-13-12-28(33)21-31(29)42(38,39)35-32(37)14-11-26-10-8-24(22-36-17-4-16-34-36)20-30(26)41-18-15-23-7-9-25-5-2-3-6-27(25)19-23/h2-10,12-13,16-17,19-21H,11,14-15,18,22H2,1H3,(H,35,37). The number of nitrogens with one attached hydrogen (secondary N) is 1. The van der Waals surface area contributed by atoms with Gasteiger partial charge in [-0.2, -0.15) is 5.10 Å². The number of aromatic nitrogens is 2. The van der Waals surface area contributed by atoms with Crippen molar-refractivity contribution in [3.8, 4) is 11.5 Å². The summed E-state index contributed by atoms with van der Waals surface area (Å²) in [5.41, 5.74) is 2.97. The fraction of sp³-hybridized carbons (Fsp3) is 0.188. The number of carbonyl (C=O) groups excluding carboxylic acids is 1. The molecule has 5 aromatic rings. The van der Waals surface area contributed by atoms with Crippen LogP contribution < -0.4 is 14.2 Å². The van der Waals surface area contributed by atoms with Gasteiger partial charge >= 0.3 is 0 Å². The van der Waals surface area contributed by atoms with E-state index in [1.165, 1.54) is 30.0 Å². The van der Waals surface area contributed by atoms with Crippen molar-refractivity contribution in [2.45, 2.75) is 30.7 Å². The zero-order valence-corrected chi connectivity index (χ0v) is 25.4. The van der Waals surface area contributed by atoms with Crippen LogP contribution in [0.3, 0.4) is 0 Å². The van der Waals surface area contributed by atoms with Gasteiger partial charge in [0, 0.05) is 29.7 Å². The second-order valence-electron chi connectivity index (χ2n) is 9.75. The number of nitrogens with zero attached hydrogens (tertiary/aromatic N) is 2. The number of rotatable bonds is 12. The van der Waals surface area contributed by atoms with Crippen molar-refractivity contribution in [2.24, 2.45) is 0 Å². The average Bonchev–Trinajstić information content (AvgIpc) is 3.49. The number of sulfonamides is 1. The summed E-state index contributed by atoms with van der Waals surface area (Å²) in [6.07, 6.45) is 4.57. The fourth-order valence-electron chi connectivity index (χ4n) is 4.66. The number of fused-ring (bicyclic) bond motifs is 1. The van der Waals surface area contributed by atoms with Crippen molar-refractivity contribution >= 4 is 42.6 Å². The first-order valence-electron chi connectivity index (χ1n) is 13.4. The number of hydrogen-bond donors (Lipinski definition) is 1. The second-order valence-corrected chi connectivity index (χ2v) is 12.3. The third kappa shape index (κ3) is 7.37. The summed E-state index contributed by atoms with van der Waals surface area (Å²) in [5, 5.41) is 6.65. The van der Waals surface area contributed by atoms with Crippen LogP contribution in [0.5, 0.6) is 11.5 Å². The number of benzene rings is 4. The van der Waals surface area contributed by atoms with Crippen LogP contribution in [0.15, 0.2) is 107 Å². The third-order valence-corrected chi connectivity index (χ3v) is 8.67. The van der Waals surface area contributed by atoms with Gasteiger partial charge in [-0.1, -0.05) is 70.5 Å². The van der Waals surface area contributed by atoms with Gasteiger partial charge in [0.05, 0.1) is 20.3 Å². The molecule has 0 saturated carbocycles. The van der Waals surface area contributed by atoms with Gasteiger partial charge in [0.25, 0.3) is 10.0 Å². The Morgan fingerprint density at radius 2 is 1.71 bits per heavy atom. The summed E-state index contributed by atoms with van der Waals surface area (Å²) in [5.74, 6) is 0.179. The third-order valence-electron chi connectivity index (χ3n) is 6.78. The van der Waals surface area contributed by atoms with E-state index >= 15 is 0 Å². The molecule has 0 aliphatic heterocycles. The maximum Gasteiger partial charge on any atom is 0.267 e. The fourth-order valence-corrected chi connectivity index (χ4v) is 6.38. The van der Waals surface area contributed by atoms with Crippen LogP contribution in [0.25, 0.3) is 10.8 Å². The molecule has 0 saturated heterocycles. The molecule has 0 atom stereocenters. The highest BCUT2D eigenvalue weighted by Gasteiger charge is 2.23. The van der Waals surface area contributed by atoms with Gasteiger partial charge < -0.3 is 9.47 Å². The maximum atomic E-state index is 12.9. The van der Waals surface area contributed by atoms with Crippen molar-refractivity contribution < 1.29 is 22.7 Å². The number of halogens is 1. The van der Waals surface area contributed by atoms with Gasteiger partial charge in [-0.05, 0) is 64.2 Å². The first-order valence-corrected chi connectivity index (χ1v) is 15.7. The topological polar surface area (TPSA) is 99.5 Å². The maximum absolute atomic E-state index is 12.9. The van der Waals surface area contributed by atoms with Gasteiger partial charge in [-0.3, -0.25) is 9.48 Å². The summed E-state index contributed by atoms with van der Waals surface area (Å²) < 4.78 is 41.9. The highest BCUT2D eigenvalue weighted by Crippen LogP contribution is 2.28. The molecule has 1 N–H and O–H groups in total. The smallest absolute Gasteiger partial charge is 0.267 e. The number of hydrogen-bond acceptors (Lipinski definition) is 6. The number of amides is 1. The average molecular weight is 649 g/mol. The molecule has 0 aliphatic carbocycles. The van der Waals surface area contributed by atoms with Crippen LogP contribution in [-0.2, 0) is 34.2 Å². The Morgan fingerprint density at radius 3 is 2.50 bits per heavy atom. The highest BCUT2D eigenvalue weighted by atomic mass is 79.9. The number of ether oxygens (including phenoxy) is 2. The van der Waals surface area contributed by atoms with E-state index in [0.717, 1.165) is 16.7 Å². The summed E-state index contributed by atoms with van der Waals surface area (Å²) in [6.45, 7) is 1.02. The van der Waals surface area contributed by atoms with Crippen LogP contribution in [0.1, 0.15) is 23.1 Å². The van der Waals surface area contributed by atoms with Gasteiger partial charge in [-0.25, -0.2) is 13.1 Å². The molecule has 4 aromatic carbocycles. The monoisotopic (exact) mass is 647 g/mol. The van der Waals surface area contributed by atoms with E-state index in [0.29, 0.717) is 36.2 Å². The summed E-state index contributed by atoms with van der Waals surface area (Å²) >= 11 is 3.27. The molecule has 0 bridgehead atoms. The minimum Gasteiger partial charge on any atom is -0.495 e. The number of aryl methyl sites for hydroxylation is 1. The molecule has 1 heterocycles. The van der Waals surface area contributed by atoms with Crippen molar-refractivity contribution in [2.75, 3.05) is 13.7 Å². The molecule has 1 aromatic heterocycles. The lowest BCUT2D eigenvalue weighted by atomic mass is 10.0. The first-order chi connectivity index (χ1) is 20.3. The molecule has 8 nitrogen and oxygen atoms in total. The molecule has 5 rings (SSSR count). The predicted octanol–water partition coefficient (Wildman–Crippen LogP) is 5.91. The number of carbonyl (C=O) groups is 1. The van der Waals surface area contributed by atoms with E-state index in [1.807, 2.05) is 47.3 Å². The molecular formula is C32H30BrN3O5S. The van der Waals surface area contributed by atoms with Crippen LogP contribution in [0, 0.1) is 0 Å². The van der Waals surface area contributed by atoms with Gasteiger partial charge in [0.2, 0.25) is 5.91 Å². The Labute approximate surface area is 253 Å². The Hall–Kier alpha value is -4.15. The predicted molar refractivity (Wildman–Crippen MR) is 165 cm³/mol. The lowest BCUT2D eigenvalue weighted by Crippen LogP contribution is -2.31. The molecule has 0 fully saturated rings. The van der Waals surface area contributed by atoms with Crippen LogP contribution in [-0.4, -0.2) is 37.8 Å². The van der Waals surface area contributed by atoms with Gasteiger partial charge in [0.15, 0.2) is 0 Å². The summed E-state index contributed by atoms with van der Waals surface area (Å²) in [4.78, 5) is 12.7. The molecule has 0 spiro atoms. The largest absolute Gasteiger partial charge is 0.495 e. The Bertz CT molecular complexity index is 1810. The molecule has 42 heavy (non-hydrogen) atoms. The summed E-state index contributed by atoms with van der Waals surface area (Å²) in [6, 6.07) is 26.9. The van der Waals surface area contributed by atoms with E-state index < -0.39 is 15.9 Å². The number of methoxy groups -OCH3 is 1. The van der Waals surface area contributed by atoms with Gasteiger partial charge in [-0.15, -0.1) is 0 Å². The van der Waals surface area contributed by atoms with E-state index in [9.17, 15) is 13.2 Å². The van der Waals surface area contributed by atoms with E-state index in [4.69, 9.17) is 9.47 Å². The Morgan fingerprint density at radius 1 is 0.905 bits per heavy atom. The van der Waals surface area contributed by atoms with Gasteiger partial charge in [0.1, 0.15) is 16.4 Å². The highest BCUT2D eigenvalue weighted by molar-refractivity contribution is 9.10. The van der Waals surface area contributed by atoms with Crippen molar-refractivity contribution in [3.63, 3.8) is 0 Å². The quantitative estimate of drug-likeness (QED) is 0.181. The molecule has 0 aliphatic rings. The van der Waals surface area contributed by atoms with Crippen molar-refractivity contribution in [3.05, 3.63) is 118 Å². The SMILES string of the molecule is COc1ccc(Br)cc1S(=O)(=O)NC(=O)CCc1ccc(Cn2cccn2)cc1OCCc1ccc2ccccc2c1.